The molecule has 1 aromatic carbocycles. The van der Waals surface area contributed by atoms with Crippen molar-refractivity contribution in [3.63, 3.8) is 0 Å². The molecular formula is C16H21FN2O2. The molecule has 2 amide bonds. The van der Waals surface area contributed by atoms with E-state index in [1.807, 2.05) is 20.8 Å². The van der Waals surface area contributed by atoms with Gasteiger partial charge in [0, 0.05) is 19.0 Å². The summed E-state index contributed by atoms with van der Waals surface area (Å²) in [6, 6.07) is 3.88. The van der Waals surface area contributed by atoms with Crippen molar-refractivity contribution in [2.45, 2.75) is 52.2 Å². The molecule has 0 saturated carbocycles. The smallest absolute Gasteiger partial charge is 0.245 e. The van der Waals surface area contributed by atoms with Crippen molar-refractivity contribution in [2.24, 2.45) is 0 Å². The van der Waals surface area contributed by atoms with Crippen LogP contribution in [0.1, 0.15) is 37.8 Å². The zero-order valence-electron chi connectivity index (χ0n) is 12.6. The van der Waals surface area contributed by atoms with E-state index in [4.69, 9.17) is 0 Å². The minimum absolute atomic E-state index is 0.0977. The van der Waals surface area contributed by atoms with Crippen LogP contribution in [0.5, 0.6) is 0 Å². The SMILES string of the molecule is CCC1NC(=O)CC(C)N(Cc2cc(F)ccc2C)C1=O. The minimum atomic E-state index is -0.490. The van der Waals surface area contributed by atoms with Crippen LogP contribution in [-0.4, -0.2) is 28.8 Å². The number of nitrogens with zero attached hydrogens (tertiary/aromatic N) is 1. The zero-order chi connectivity index (χ0) is 15.6. The molecule has 0 aromatic heterocycles. The molecule has 1 fully saturated rings. The fraction of sp³-hybridized carbons (Fsp3) is 0.500. The summed E-state index contributed by atoms with van der Waals surface area (Å²) in [5.74, 6) is -0.521. The van der Waals surface area contributed by atoms with E-state index in [2.05, 4.69) is 5.32 Å². The van der Waals surface area contributed by atoms with Crippen LogP contribution in [0, 0.1) is 12.7 Å². The lowest BCUT2D eigenvalue weighted by Crippen LogP contribution is -2.45. The molecule has 1 N–H and O–H groups in total. The lowest BCUT2D eigenvalue weighted by Gasteiger charge is -2.29. The van der Waals surface area contributed by atoms with Gasteiger partial charge in [0.2, 0.25) is 11.8 Å². The summed E-state index contributed by atoms with van der Waals surface area (Å²) >= 11 is 0. The highest BCUT2D eigenvalue weighted by molar-refractivity contribution is 5.90. The number of carbonyl (C=O) groups is 2. The van der Waals surface area contributed by atoms with Crippen molar-refractivity contribution < 1.29 is 14.0 Å². The van der Waals surface area contributed by atoms with Crippen molar-refractivity contribution in [2.75, 3.05) is 0 Å². The average molecular weight is 292 g/mol. The van der Waals surface area contributed by atoms with Gasteiger partial charge in [0.1, 0.15) is 11.9 Å². The summed E-state index contributed by atoms with van der Waals surface area (Å²) in [7, 11) is 0. The van der Waals surface area contributed by atoms with E-state index in [-0.39, 0.29) is 30.1 Å². The fourth-order valence-electron chi connectivity index (χ4n) is 2.62. The number of benzene rings is 1. The molecule has 2 rings (SSSR count). The highest BCUT2D eigenvalue weighted by atomic mass is 19.1. The minimum Gasteiger partial charge on any atom is -0.344 e. The first-order valence-electron chi connectivity index (χ1n) is 7.27. The van der Waals surface area contributed by atoms with E-state index < -0.39 is 6.04 Å². The first-order valence-corrected chi connectivity index (χ1v) is 7.27. The molecule has 5 heteroatoms. The maximum absolute atomic E-state index is 13.4. The molecule has 2 unspecified atom stereocenters. The van der Waals surface area contributed by atoms with Crippen LogP contribution in [0.25, 0.3) is 0 Å². The summed E-state index contributed by atoms with van der Waals surface area (Å²) in [5, 5.41) is 2.75. The van der Waals surface area contributed by atoms with Crippen LogP contribution < -0.4 is 5.32 Å². The molecule has 0 aliphatic carbocycles. The van der Waals surface area contributed by atoms with Crippen molar-refractivity contribution in [1.82, 2.24) is 10.2 Å². The maximum atomic E-state index is 13.4. The first-order chi connectivity index (χ1) is 9.92. The van der Waals surface area contributed by atoms with Gasteiger partial charge in [0.15, 0.2) is 0 Å². The van der Waals surface area contributed by atoms with Crippen molar-refractivity contribution in [1.29, 1.82) is 0 Å². The zero-order valence-corrected chi connectivity index (χ0v) is 12.6. The Morgan fingerprint density at radius 3 is 2.76 bits per heavy atom. The molecule has 0 bridgehead atoms. The van der Waals surface area contributed by atoms with Gasteiger partial charge in [-0.3, -0.25) is 9.59 Å². The van der Waals surface area contributed by atoms with Crippen LogP contribution in [0.2, 0.25) is 0 Å². The second-order valence-electron chi connectivity index (χ2n) is 5.62. The number of amides is 2. The Morgan fingerprint density at radius 2 is 2.10 bits per heavy atom. The Hall–Kier alpha value is -1.91. The molecule has 1 heterocycles. The second-order valence-corrected chi connectivity index (χ2v) is 5.62. The van der Waals surface area contributed by atoms with Gasteiger partial charge >= 0.3 is 0 Å². The molecule has 0 spiro atoms. The van der Waals surface area contributed by atoms with Gasteiger partial charge in [0.25, 0.3) is 0 Å². The summed E-state index contributed by atoms with van der Waals surface area (Å²) in [4.78, 5) is 26.0. The number of rotatable bonds is 3. The number of carbonyl (C=O) groups excluding carboxylic acids is 2. The Morgan fingerprint density at radius 1 is 1.38 bits per heavy atom. The topological polar surface area (TPSA) is 49.4 Å². The number of nitrogens with one attached hydrogen (secondary N) is 1. The Bertz CT molecular complexity index is 559. The van der Waals surface area contributed by atoms with Crippen molar-refractivity contribution in [3.05, 3.63) is 35.1 Å². The molecule has 1 saturated heterocycles. The summed E-state index contributed by atoms with van der Waals surface area (Å²) in [5.41, 5.74) is 1.72. The highest BCUT2D eigenvalue weighted by Gasteiger charge is 2.33. The van der Waals surface area contributed by atoms with Gasteiger partial charge < -0.3 is 10.2 Å². The summed E-state index contributed by atoms with van der Waals surface area (Å²) in [6.45, 7) is 5.94. The van der Waals surface area contributed by atoms with Gasteiger partial charge in [-0.15, -0.1) is 0 Å². The molecule has 1 aromatic rings. The molecular weight excluding hydrogens is 271 g/mol. The van der Waals surface area contributed by atoms with Gasteiger partial charge in [-0.1, -0.05) is 13.0 Å². The number of hydrogen-bond acceptors (Lipinski definition) is 2. The van der Waals surface area contributed by atoms with Crippen LogP contribution in [-0.2, 0) is 16.1 Å². The predicted molar refractivity (Wildman–Crippen MR) is 78.0 cm³/mol. The average Bonchev–Trinajstić information content (AvgIpc) is 2.53. The van der Waals surface area contributed by atoms with E-state index in [9.17, 15) is 14.0 Å². The quantitative estimate of drug-likeness (QED) is 0.928. The third-order valence-electron chi connectivity index (χ3n) is 3.99. The standard InChI is InChI=1S/C16H21FN2O2/c1-4-14-16(21)19(11(3)7-15(20)18-14)9-12-8-13(17)6-5-10(12)2/h5-6,8,11,14H,4,7,9H2,1-3H3,(H,18,20). The highest BCUT2D eigenvalue weighted by Crippen LogP contribution is 2.19. The lowest BCUT2D eigenvalue weighted by atomic mass is 10.1. The van der Waals surface area contributed by atoms with Crippen molar-refractivity contribution >= 4 is 11.8 Å². The largest absolute Gasteiger partial charge is 0.344 e. The lowest BCUT2D eigenvalue weighted by molar-refractivity contribution is -0.135. The fourth-order valence-corrected chi connectivity index (χ4v) is 2.62. The number of aryl methyl sites for hydroxylation is 1. The summed E-state index contributed by atoms with van der Waals surface area (Å²) < 4.78 is 13.4. The Balaban J connectivity index is 2.28. The van der Waals surface area contributed by atoms with Crippen molar-refractivity contribution in [3.8, 4) is 0 Å². The number of halogens is 1. The van der Waals surface area contributed by atoms with Crippen LogP contribution in [0.4, 0.5) is 4.39 Å². The second kappa shape index (κ2) is 6.24. The van der Waals surface area contributed by atoms with Crippen LogP contribution in [0.3, 0.4) is 0 Å². The van der Waals surface area contributed by atoms with E-state index in [0.717, 1.165) is 11.1 Å². The van der Waals surface area contributed by atoms with E-state index in [1.54, 1.807) is 11.0 Å². The third-order valence-corrected chi connectivity index (χ3v) is 3.99. The molecule has 1 aliphatic heterocycles. The first kappa shape index (κ1) is 15.5. The monoisotopic (exact) mass is 292 g/mol. The Labute approximate surface area is 124 Å². The Kier molecular flexibility index (Phi) is 4.60. The molecule has 0 radical (unpaired) electrons. The van der Waals surface area contributed by atoms with Gasteiger partial charge in [-0.25, -0.2) is 4.39 Å². The molecule has 2 atom stereocenters. The van der Waals surface area contributed by atoms with Gasteiger partial charge in [-0.2, -0.15) is 0 Å². The van der Waals surface area contributed by atoms with E-state index >= 15 is 0 Å². The van der Waals surface area contributed by atoms with E-state index in [0.29, 0.717) is 13.0 Å². The van der Waals surface area contributed by atoms with Crippen LogP contribution >= 0.6 is 0 Å². The maximum Gasteiger partial charge on any atom is 0.245 e. The normalized spacial score (nSPS) is 23.0. The molecule has 1 aliphatic rings. The number of hydrogen-bond donors (Lipinski definition) is 1. The summed E-state index contributed by atoms with van der Waals surface area (Å²) in [6.07, 6.45) is 0.826. The molecule has 114 valence electrons. The third kappa shape index (κ3) is 3.40. The van der Waals surface area contributed by atoms with Gasteiger partial charge in [-0.05, 0) is 43.5 Å². The van der Waals surface area contributed by atoms with E-state index in [1.165, 1.54) is 12.1 Å². The molecule has 21 heavy (non-hydrogen) atoms. The van der Waals surface area contributed by atoms with Gasteiger partial charge in [0.05, 0.1) is 0 Å². The van der Waals surface area contributed by atoms with Crippen LogP contribution in [0.15, 0.2) is 18.2 Å². The molecule has 4 nitrogen and oxygen atoms in total. The predicted octanol–water partition coefficient (Wildman–Crippen LogP) is 2.15.